The quantitative estimate of drug-likeness (QED) is 0.749. The van der Waals surface area contributed by atoms with Crippen molar-refractivity contribution in [1.82, 2.24) is 9.80 Å². The van der Waals surface area contributed by atoms with Crippen LogP contribution in [0.4, 0.5) is 5.69 Å². The van der Waals surface area contributed by atoms with E-state index in [9.17, 15) is 9.90 Å². The molecule has 2 unspecified atom stereocenters. The topological polar surface area (TPSA) is 65.0 Å². The first-order valence-corrected chi connectivity index (χ1v) is 11.4. The van der Waals surface area contributed by atoms with E-state index in [0.29, 0.717) is 25.7 Å². The number of nitrogens with one attached hydrogen (secondary N) is 1. The van der Waals surface area contributed by atoms with Crippen molar-refractivity contribution in [2.75, 3.05) is 44.7 Å². The number of hydrogen-bond acceptors (Lipinski definition) is 5. The van der Waals surface area contributed by atoms with Crippen LogP contribution < -0.4 is 5.32 Å². The second-order valence-corrected chi connectivity index (χ2v) is 8.99. The predicted octanol–water partition coefficient (Wildman–Crippen LogP) is 2.30. The van der Waals surface area contributed by atoms with E-state index >= 15 is 0 Å². The fourth-order valence-electron chi connectivity index (χ4n) is 5.00. The van der Waals surface area contributed by atoms with Crippen molar-refractivity contribution in [3.63, 3.8) is 0 Å². The molecule has 2 atom stereocenters. The second-order valence-electron chi connectivity index (χ2n) is 8.99. The minimum atomic E-state index is -0.543. The number of β-amino-alcohol motifs (C(OH)–C–C–N with tert-alkyl or cyclic N) is 1. The van der Waals surface area contributed by atoms with E-state index in [1.807, 2.05) is 17.0 Å². The Kier molecular flexibility index (Phi) is 5.94. The summed E-state index contributed by atoms with van der Waals surface area (Å²) in [5, 5.41) is 14.2. The fourth-order valence-corrected chi connectivity index (χ4v) is 5.00. The van der Waals surface area contributed by atoms with Gasteiger partial charge in [0, 0.05) is 50.6 Å². The lowest BCUT2D eigenvalue weighted by atomic mass is 9.97. The summed E-state index contributed by atoms with van der Waals surface area (Å²) in [7, 11) is 0. The number of amides is 1. The lowest BCUT2D eigenvalue weighted by molar-refractivity contribution is 0.0493. The summed E-state index contributed by atoms with van der Waals surface area (Å²) in [6.07, 6.45) is 2.31. The maximum Gasteiger partial charge on any atom is 0.254 e. The van der Waals surface area contributed by atoms with Crippen LogP contribution in [0.5, 0.6) is 0 Å². The van der Waals surface area contributed by atoms with Gasteiger partial charge < -0.3 is 20.1 Å². The Morgan fingerprint density at radius 1 is 1.06 bits per heavy atom. The molecule has 0 spiro atoms. The molecule has 1 saturated heterocycles. The van der Waals surface area contributed by atoms with Gasteiger partial charge in [0.2, 0.25) is 0 Å². The van der Waals surface area contributed by atoms with Gasteiger partial charge in [-0.25, -0.2) is 0 Å². The summed E-state index contributed by atoms with van der Waals surface area (Å²) in [4.78, 5) is 17.1. The first-order chi connectivity index (χ1) is 15.2. The standard InChI is InChI=1S/C25H31N3O3/c29-23(15-27-10-7-18-3-1-2-4-20(18)14-27)16-28-11-8-19-13-21(5-6-24(19)25(28)30)26-22-9-12-31-17-22/h1-6,13,22-23,26,29H,7-12,14-17H2. The van der Waals surface area contributed by atoms with Crippen molar-refractivity contribution >= 4 is 11.6 Å². The number of hydrogen-bond donors (Lipinski definition) is 2. The zero-order chi connectivity index (χ0) is 21.2. The largest absolute Gasteiger partial charge is 0.390 e. The monoisotopic (exact) mass is 421 g/mol. The normalized spacial score (nSPS) is 22.2. The van der Waals surface area contributed by atoms with Crippen LogP contribution in [-0.2, 0) is 24.1 Å². The highest BCUT2D eigenvalue weighted by molar-refractivity contribution is 5.97. The summed E-state index contributed by atoms with van der Waals surface area (Å²) in [6.45, 7) is 5.00. The molecule has 3 heterocycles. The number of fused-ring (bicyclic) bond motifs is 2. The molecule has 2 aromatic carbocycles. The molecule has 6 heteroatoms. The van der Waals surface area contributed by atoms with E-state index in [-0.39, 0.29) is 5.91 Å². The third-order valence-corrected chi connectivity index (χ3v) is 6.68. The Balaban J connectivity index is 1.17. The molecule has 0 saturated carbocycles. The number of aliphatic hydroxyl groups is 1. The van der Waals surface area contributed by atoms with E-state index in [2.05, 4.69) is 40.5 Å². The molecule has 2 aromatic rings. The van der Waals surface area contributed by atoms with E-state index < -0.39 is 6.10 Å². The molecule has 0 aliphatic carbocycles. The van der Waals surface area contributed by atoms with E-state index in [0.717, 1.165) is 62.4 Å². The summed E-state index contributed by atoms with van der Waals surface area (Å²) in [6, 6.07) is 14.9. The molecule has 0 aromatic heterocycles. The fraction of sp³-hybridized carbons (Fsp3) is 0.480. The minimum absolute atomic E-state index is 0.0278. The van der Waals surface area contributed by atoms with Crippen molar-refractivity contribution in [3.8, 4) is 0 Å². The lowest BCUT2D eigenvalue weighted by Crippen LogP contribution is -2.46. The molecule has 31 heavy (non-hydrogen) atoms. The van der Waals surface area contributed by atoms with Gasteiger partial charge in [0.1, 0.15) is 0 Å². The highest BCUT2D eigenvalue weighted by atomic mass is 16.5. The van der Waals surface area contributed by atoms with Gasteiger partial charge in [-0.1, -0.05) is 24.3 Å². The van der Waals surface area contributed by atoms with Gasteiger partial charge in [-0.05, 0) is 54.2 Å². The number of aliphatic hydroxyl groups excluding tert-OH is 1. The van der Waals surface area contributed by atoms with Gasteiger partial charge in [-0.3, -0.25) is 9.69 Å². The Morgan fingerprint density at radius 3 is 2.74 bits per heavy atom. The number of carbonyl (C=O) groups is 1. The number of ether oxygens (including phenoxy) is 1. The maximum atomic E-state index is 13.0. The molecule has 0 bridgehead atoms. The third-order valence-electron chi connectivity index (χ3n) is 6.68. The highest BCUT2D eigenvalue weighted by Gasteiger charge is 2.27. The van der Waals surface area contributed by atoms with Gasteiger partial charge in [0.05, 0.1) is 18.8 Å². The first kappa shape index (κ1) is 20.5. The Hall–Kier alpha value is -2.41. The Labute approximate surface area is 183 Å². The number of rotatable bonds is 6. The average Bonchev–Trinajstić information content (AvgIpc) is 3.29. The van der Waals surface area contributed by atoms with Gasteiger partial charge >= 0.3 is 0 Å². The molecule has 1 amide bonds. The molecule has 164 valence electrons. The van der Waals surface area contributed by atoms with Crippen LogP contribution in [-0.4, -0.2) is 72.4 Å². The summed E-state index contributed by atoms with van der Waals surface area (Å²) in [5.74, 6) is 0.0278. The minimum Gasteiger partial charge on any atom is -0.390 e. The van der Waals surface area contributed by atoms with Crippen LogP contribution in [0.1, 0.15) is 33.5 Å². The third kappa shape index (κ3) is 4.61. The molecule has 3 aliphatic heterocycles. The van der Waals surface area contributed by atoms with Crippen LogP contribution in [0.3, 0.4) is 0 Å². The molecule has 2 N–H and O–H groups in total. The lowest BCUT2D eigenvalue weighted by Gasteiger charge is -2.34. The van der Waals surface area contributed by atoms with E-state index in [1.54, 1.807) is 0 Å². The molecule has 5 rings (SSSR count). The molecule has 0 radical (unpaired) electrons. The average molecular weight is 422 g/mol. The van der Waals surface area contributed by atoms with E-state index in [4.69, 9.17) is 4.74 Å². The molecule has 1 fully saturated rings. The van der Waals surface area contributed by atoms with Crippen molar-refractivity contribution in [1.29, 1.82) is 0 Å². The number of carbonyl (C=O) groups excluding carboxylic acids is 1. The van der Waals surface area contributed by atoms with Crippen LogP contribution >= 0.6 is 0 Å². The Morgan fingerprint density at radius 2 is 1.90 bits per heavy atom. The van der Waals surface area contributed by atoms with Crippen LogP contribution in [0.15, 0.2) is 42.5 Å². The van der Waals surface area contributed by atoms with E-state index in [1.165, 1.54) is 11.1 Å². The summed E-state index contributed by atoms with van der Waals surface area (Å²) < 4.78 is 5.43. The van der Waals surface area contributed by atoms with Gasteiger partial charge in [-0.2, -0.15) is 0 Å². The van der Waals surface area contributed by atoms with Gasteiger partial charge in [0.25, 0.3) is 5.91 Å². The van der Waals surface area contributed by atoms with Crippen molar-refractivity contribution in [2.45, 2.75) is 38.0 Å². The summed E-state index contributed by atoms with van der Waals surface area (Å²) in [5.41, 5.74) is 5.66. The molecular formula is C25H31N3O3. The van der Waals surface area contributed by atoms with Crippen molar-refractivity contribution in [3.05, 3.63) is 64.7 Å². The zero-order valence-electron chi connectivity index (χ0n) is 17.9. The van der Waals surface area contributed by atoms with Crippen LogP contribution in [0.2, 0.25) is 0 Å². The van der Waals surface area contributed by atoms with Gasteiger partial charge in [0.15, 0.2) is 0 Å². The SMILES string of the molecule is O=C1c2ccc(NC3CCOC3)cc2CCN1CC(O)CN1CCc2ccccc2C1. The molecular weight excluding hydrogens is 390 g/mol. The molecule has 6 nitrogen and oxygen atoms in total. The first-order valence-electron chi connectivity index (χ1n) is 11.4. The predicted molar refractivity (Wildman–Crippen MR) is 120 cm³/mol. The van der Waals surface area contributed by atoms with Gasteiger partial charge in [-0.15, -0.1) is 0 Å². The smallest absolute Gasteiger partial charge is 0.254 e. The Bertz CT molecular complexity index is 941. The molecule has 3 aliphatic rings. The highest BCUT2D eigenvalue weighted by Crippen LogP contribution is 2.25. The summed E-state index contributed by atoms with van der Waals surface area (Å²) >= 11 is 0. The van der Waals surface area contributed by atoms with Crippen LogP contribution in [0, 0.1) is 0 Å². The maximum absolute atomic E-state index is 13.0. The van der Waals surface area contributed by atoms with Crippen LogP contribution in [0.25, 0.3) is 0 Å². The number of anilines is 1. The second kappa shape index (κ2) is 8.99. The van der Waals surface area contributed by atoms with Crippen molar-refractivity contribution < 1.29 is 14.6 Å². The number of nitrogens with zero attached hydrogens (tertiary/aromatic N) is 2. The number of benzene rings is 2. The zero-order valence-corrected chi connectivity index (χ0v) is 17.9. The van der Waals surface area contributed by atoms with Crippen molar-refractivity contribution in [2.24, 2.45) is 0 Å².